The van der Waals surface area contributed by atoms with Gasteiger partial charge in [0.15, 0.2) is 0 Å². The smallest absolute Gasteiger partial charge is 0.255 e. The highest BCUT2D eigenvalue weighted by molar-refractivity contribution is 7.99. The van der Waals surface area contributed by atoms with Crippen molar-refractivity contribution in [3.05, 3.63) is 59.1 Å². The van der Waals surface area contributed by atoms with Crippen LogP contribution in [0.1, 0.15) is 10.4 Å². The Morgan fingerprint density at radius 1 is 1.12 bits per heavy atom. The van der Waals surface area contributed by atoms with Crippen molar-refractivity contribution in [2.45, 2.75) is 4.90 Å². The quantitative estimate of drug-likeness (QED) is 0.773. The van der Waals surface area contributed by atoms with Crippen LogP contribution in [0.25, 0.3) is 0 Å². The van der Waals surface area contributed by atoms with E-state index in [0.29, 0.717) is 10.6 Å². The number of para-hydroxylation sites is 1. The molecular formula is C19H21ClN2O2S. The van der Waals surface area contributed by atoms with E-state index in [-0.39, 0.29) is 5.91 Å². The highest BCUT2D eigenvalue weighted by Crippen LogP contribution is 2.27. The molecule has 4 nitrogen and oxygen atoms in total. The summed E-state index contributed by atoms with van der Waals surface area (Å²) in [5.74, 6) is 0.853. The average Bonchev–Trinajstić information content (AvgIpc) is 2.64. The number of carbonyl (C=O) groups is 1. The van der Waals surface area contributed by atoms with E-state index in [2.05, 4.69) is 10.2 Å². The van der Waals surface area contributed by atoms with Crippen LogP contribution in [0.15, 0.2) is 53.4 Å². The Morgan fingerprint density at radius 3 is 2.60 bits per heavy atom. The van der Waals surface area contributed by atoms with Gasteiger partial charge in [0.2, 0.25) is 0 Å². The first kappa shape index (κ1) is 18.3. The number of benzene rings is 2. The lowest BCUT2D eigenvalue weighted by molar-refractivity contribution is 0.0410. The first-order chi connectivity index (χ1) is 12.2. The van der Waals surface area contributed by atoms with Crippen LogP contribution in [0.2, 0.25) is 5.02 Å². The number of rotatable bonds is 6. The molecule has 0 atom stereocenters. The van der Waals surface area contributed by atoms with Crippen LogP contribution in [-0.4, -0.2) is 49.4 Å². The van der Waals surface area contributed by atoms with E-state index in [4.69, 9.17) is 16.3 Å². The molecule has 1 aliphatic heterocycles. The molecule has 2 aromatic carbocycles. The number of amides is 1. The molecule has 2 aromatic rings. The summed E-state index contributed by atoms with van der Waals surface area (Å²) in [5, 5.41) is 3.62. The minimum Gasteiger partial charge on any atom is -0.379 e. The van der Waals surface area contributed by atoms with E-state index in [1.165, 1.54) is 0 Å². The molecule has 1 N–H and O–H groups in total. The number of nitrogens with zero attached hydrogens (tertiary/aromatic N) is 1. The molecule has 0 aromatic heterocycles. The average molecular weight is 377 g/mol. The Hall–Kier alpha value is -1.53. The number of halogens is 1. The van der Waals surface area contributed by atoms with Crippen molar-refractivity contribution >= 4 is 35.0 Å². The molecular weight excluding hydrogens is 356 g/mol. The zero-order valence-corrected chi connectivity index (χ0v) is 15.5. The number of morpholine rings is 1. The van der Waals surface area contributed by atoms with Gasteiger partial charge in [0.1, 0.15) is 0 Å². The summed E-state index contributed by atoms with van der Waals surface area (Å²) in [4.78, 5) is 15.9. The van der Waals surface area contributed by atoms with Crippen molar-refractivity contribution < 1.29 is 9.53 Å². The minimum absolute atomic E-state index is 0.127. The molecule has 0 bridgehead atoms. The van der Waals surface area contributed by atoms with Gasteiger partial charge in [-0.1, -0.05) is 23.7 Å². The standard InChI is InChI=1S/C19H21ClN2O2S/c20-16-7-5-15(6-8-16)19(23)21-17-3-1-2-4-18(17)25-14-11-22-9-12-24-13-10-22/h1-8H,9-14H2,(H,21,23). The second-order valence-corrected chi connectivity index (χ2v) is 7.33. The van der Waals surface area contributed by atoms with Gasteiger partial charge in [-0.3, -0.25) is 9.69 Å². The van der Waals surface area contributed by atoms with Gasteiger partial charge in [0.05, 0.1) is 18.9 Å². The third-order valence-corrected chi connectivity index (χ3v) is 5.32. The number of carbonyl (C=O) groups excluding carboxylic acids is 1. The molecule has 6 heteroatoms. The Balaban J connectivity index is 1.58. The van der Waals surface area contributed by atoms with E-state index in [1.54, 1.807) is 36.0 Å². The van der Waals surface area contributed by atoms with Crippen LogP contribution in [0.3, 0.4) is 0 Å². The lowest BCUT2D eigenvalue weighted by Gasteiger charge is -2.26. The van der Waals surface area contributed by atoms with Crippen molar-refractivity contribution in [3.8, 4) is 0 Å². The van der Waals surface area contributed by atoms with Gasteiger partial charge in [-0.05, 0) is 36.4 Å². The summed E-state index contributed by atoms with van der Waals surface area (Å²) in [7, 11) is 0. The number of hydrogen-bond donors (Lipinski definition) is 1. The molecule has 132 valence electrons. The number of thioether (sulfide) groups is 1. The van der Waals surface area contributed by atoms with Crippen LogP contribution in [0.4, 0.5) is 5.69 Å². The minimum atomic E-state index is -0.127. The summed E-state index contributed by atoms with van der Waals surface area (Å²) < 4.78 is 5.37. The maximum atomic E-state index is 12.4. The van der Waals surface area contributed by atoms with Crippen LogP contribution >= 0.6 is 23.4 Å². The third-order valence-electron chi connectivity index (χ3n) is 4.01. The van der Waals surface area contributed by atoms with Gasteiger partial charge in [0.25, 0.3) is 5.91 Å². The summed E-state index contributed by atoms with van der Waals surface area (Å²) in [6.07, 6.45) is 0. The highest BCUT2D eigenvalue weighted by Gasteiger charge is 2.12. The molecule has 25 heavy (non-hydrogen) atoms. The largest absolute Gasteiger partial charge is 0.379 e. The number of hydrogen-bond acceptors (Lipinski definition) is 4. The first-order valence-electron chi connectivity index (χ1n) is 8.31. The Morgan fingerprint density at radius 2 is 1.84 bits per heavy atom. The van der Waals surface area contributed by atoms with E-state index in [9.17, 15) is 4.79 Å². The van der Waals surface area contributed by atoms with Crippen LogP contribution in [-0.2, 0) is 4.74 Å². The predicted octanol–water partition coefficient (Wildman–Crippen LogP) is 4.02. The summed E-state index contributed by atoms with van der Waals surface area (Å²) in [5.41, 5.74) is 1.44. The highest BCUT2D eigenvalue weighted by atomic mass is 35.5. The number of anilines is 1. The van der Waals surface area contributed by atoms with Crippen molar-refractivity contribution in [1.82, 2.24) is 4.90 Å². The van der Waals surface area contributed by atoms with Crippen LogP contribution in [0, 0.1) is 0 Å². The Labute approximate surface area is 157 Å². The van der Waals surface area contributed by atoms with Gasteiger partial charge < -0.3 is 10.1 Å². The fourth-order valence-corrected chi connectivity index (χ4v) is 3.75. The van der Waals surface area contributed by atoms with Gasteiger partial charge in [-0.15, -0.1) is 11.8 Å². The number of ether oxygens (including phenoxy) is 1. The third kappa shape index (κ3) is 5.47. The van der Waals surface area contributed by atoms with Gasteiger partial charge >= 0.3 is 0 Å². The molecule has 1 amide bonds. The molecule has 1 aliphatic rings. The topological polar surface area (TPSA) is 41.6 Å². The zero-order valence-electron chi connectivity index (χ0n) is 13.9. The van der Waals surface area contributed by atoms with Crippen molar-refractivity contribution in [1.29, 1.82) is 0 Å². The van der Waals surface area contributed by atoms with Crippen molar-refractivity contribution in [2.75, 3.05) is 43.9 Å². The molecule has 0 unspecified atom stereocenters. The molecule has 1 fully saturated rings. The summed E-state index contributed by atoms with van der Waals surface area (Å²) in [6, 6.07) is 14.8. The first-order valence-corrected chi connectivity index (χ1v) is 9.67. The maximum Gasteiger partial charge on any atom is 0.255 e. The second-order valence-electron chi connectivity index (χ2n) is 5.76. The number of nitrogens with one attached hydrogen (secondary N) is 1. The monoisotopic (exact) mass is 376 g/mol. The SMILES string of the molecule is O=C(Nc1ccccc1SCCN1CCOCC1)c1ccc(Cl)cc1. The summed E-state index contributed by atoms with van der Waals surface area (Å²) >= 11 is 7.64. The molecule has 0 spiro atoms. The van der Waals surface area contributed by atoms with Gasteiger partial charge in [-0.2, -0.15) is 0 Å². The van der Waals surface area contributed by atoms with Crippen LogP contribution < -0.4 is 5.32 Å². The Bertz CT molecular complexity index is 703. The lowest BCUT2D eigenvalue weighted by atomic mass is 10.2. The predicted molar refractivity (Wildman–Crippen MR) is 104 cm³/mol. The van der Waals surface area contributed by atoms with E-state index >= 15 is 0 Å². The molecule has 0 radical (unpaired) electrons. The second kappa shape index (κ2) is 9.25. The molecule has 1 heterocycles. The fraction of sp³-hybridized carbons (Fsp3) is 0.316. The molecule has 3 rings (SSSR count). The van der Waals surface area contributed by atoms with Crippen LogP contribution in [0.5, 0.6) is 0 Å². The lowest BCUT2D eigenvalue weighted by Crippen LogP contribution is -2.37. The fourth-order valence-electron chi connectivity index (χ4n) is 2.60. The molecule has 1 saturated heterocycles. The normalized spacial score (nSPS) is 15.1. The van der Waals surface area contributed by atoms with Gasteiger partial charge in [-0.25, -0.2) is 0 Å². The van der Waals surface area contributed by atoms with Crippen molar-refractivity contribution in [3.63, 3.8) is 0 Å². The molecule has 0 saturated carbocycles. The Kier molecular flexibility index (Phi) is 6.76. The van der Waals surface area contributed by atoms with Gasteiger partial charge in [0, 0.05) is 40.9 Å². The van der Waals surface area contributed by atoms with E-state index < -0.39 is 0 Å². The summed E-state index contributed by atoms with van der Waals surface area (Å²) in [6.45, 7) is 4.65. The van der Waals surface area contributed by atoms with E-state index in [1.807, 2.05) is 24.3 Å². The zero-order chi connectivity index (χ0) is 17.5. The van der Waals surface area contributed by atoms with Crippen molar-refractivity contribution in [2.24, 2.45) is 0 Å². The van der Waals surface area contributed by atoms with E-state index in [0.717, 1.165) is 49.2 Å². The maximum absolute atomic E-state index is 12.4. The molecule has 0 aliphatic carbocycles.